The van der Waals surface area contributed by atoms with Crippen molar-refractivity contribution in [3.63, 3.8) is 0 Å². The summed E-state index contributed by atoms with van der Waals surface area (Å²) in [6.07, 6.45) is 0. The van der Waals surface area contributed by atoms with Gasteiger partial charge >= 0.3 is 0 Å². The molecular weight excluding hydrogens is 378 g/mol. The number of hydrogen-bond acceptors (Lipinski definition) is 6. The first-order chi connectivity index (χ1) is 13.1. The Hall–Kier alpha value is -2.71. The minimum absolute atomic E-state index is 0.132. The Balaban J connectivity index is 1.43. The van der Waals surface area contributed by atoms with Crippen LogP contribution in [-0.4, -0.2) is 31.3 Å². The van der Waals surface area contributed by atoms with Crippen LogP contribution in [0.15, 0.2) is 53.7 Å². The number of amides is 1. The fourth-order valence-electron chi connectivity index (χ4n) is 2.61. The van der Waals surface area contributed by atoms with E-state index in [-0.39, 0.29) is 11.2 Å². The molecule has 0 saturated heterocycles. The molecule has 27 heavy (non-hydrogen) atoms. The molecule has 136 valence electrons. The Morgan fingerprint density at radius 3 is 2.74 bits per heavy atom. The number of benzene rings is 2. The Morgan fingerprint density at radius 2 is 1.93 bits per heavy atom. The van der Waals surface area contributed by atoms with Gasteiger partial charge in [0.1, 0.15) is 5.01 Å². The van der Waals surface area contributed by atoms with Crippen molar-refractivity contribution in [1.82, 2.24) is 20.2 Å². The van der Waals surface area contributed by atoms with E-state index in [4.69, 9.17) is 0 Å². The number of hydrogen-bond donors (Lipinski definition) is 2. The summed E-state index contributed by atoms with van der Waals surface area (Å²) in [4.78, 5) is 20.2. The summed E-state index contributed by atoms with van der Waals surface area (Å²) in [5, 5.41) is 12.8. The highest BCUT2D eigenvalue weighted by Crippen LogP contribution is 2.29. The molecule has 4 aromatic rings. The molecule has 1 amide bonds. The summed E-state index contributed by atoms with van der Waals surface area (Å²) in [6, 6.07) is 15.8. The maximum absolute atomic E-state index is 12.5. The number of carbonyl (C=O) groups excluding carboxylic acids is 1. The molecule has 2 aromatic carbocycles. The van der Waals surface area contributed by atoms with Gasteiger partial charge in [-0.25, -0.2) is 4.98 Å². The van der Waals surface area contributed by atoms with Gasteiger partial charge in [-0.1, -0.05) is 59.5 Å². The third-order valence-electron chi connectivity index (χ3n) is 4.06. The summed E-state index contributed by atoms with van der Waals surface area (Å²) in [5.41, 5.74) is 4.00. The van der Waals surface area contributed by atoms with Crippen molar-refractivity contribution in [1.29, 1.82) is 0 Å². The molecule has 0 aliphatic rings. The van der Waals surface area contributed by atoms with Crippen LogP contribution in [0.5, 0.6) is 0 Å². The van der Waals surface area contributed by atoms with Crippen molar-refractivity contribution in [3.05, 3.63) is 54.1 Å². The number of H-pyrrole nitrogens is 1. The van der Waals surface area contributed by atoms with E-state index in [9.17, 15) is 4.79 Å². The number of nitrogens with one attached hydrogen (secondary N) is 2. The zero-order valence-electron chi connectivity index (χ0n) is 14.8. The number of nitrogens with zero attached hydrogens (tertiary/aromatic N) is 3. The maximum atomic E-state index is 12.5. The number of rotatable bonds is 5. The molecule has 6 nitrogen and oxygen atoms in total. The zero-order chi connectivity index (χ0) is 18.8. The van der Waals surface area contributed by atoms with E-state index >= 15 is 0 Å². The van der Waals surface area contributed by atoms with Gasteiger partial charge in [-0.2, -0.15) is 0 Å². The van der Waals surface area contributed by atoms with Crippen molar-refractivity contribution in [3.8, 4) is 10.6 Å². The number of thioether (sulfide) groups is 1. The molecule has 1 atom stereocenters. The molecule has 0 fully saturated rings. The van der Waals surface area contributed by atoms with Gasteiger partial charge in [-0.3, -0.25) is 10.1 Å². The van der Waals surface area contributed by atoms with Gasteiger partial charge in [0.05, 0.1) is 16.3 Å². The van der Waals surface area contributed by atoms with Crippen LogP contribution in [0, 0.1) is 6.92 Å². The minimum Gasteiger partial charge on any atom is -0.333 e. The van der Waals surface area contributed by atoms with Crippen molar-refractivity contribution in [2.45, 2.75) is 24.3 Å². The smallest absolute Gasteiger partial charge is 0.239 e. The number of aryl methyl sites for hydroxylation is 1. The van der Waals surface area contributed by atoms with Crippen LogP contribution in [0.3, 0.4) is 0 Å². The molecule has 0 bridgehead atoms. The summed E-state index contributed by atoms with van der Waals surface area (Å²) < 4.78 is 0. The first kappa shape index (κ1) is 17.7. The number of para-hydroxylation sites is 2. The molecule has 2 N–H and O–H groups in total. The van der Waals surface area contributed by atoms with E-state index in [1.807, 2.05) is 62.4 Å². The van der Waals surface area contributed by atoms with Crippen LogP contribution in [-0.2, 0) is 4.79 Å². The highest BCUT2D eigenvalue weighted by Gasteiger charge is 2.19. The number of anilines is 1. The standard InChI is InChI=1S/C19H17N5OS2/c1-11-7-3-4-8-13(11)17-23-24-19(27-17)22-16(25)12(2)26-18-20-14-9-5-6-10-15(14)21-18/h3-10,12H,1-2H3,(H,20,21)(H,22,24,25). The first-order valence-electron chi connectivity index (χ1n) is 8.42. The first-order valence-corrected chi connectivity index (χ1v) is 10.1. The van der Waals surface area contributed by atoms with Crippen molar-refractivity contribution < 1.29 is 4.79 Å². The Morgan fingerprint density at radius 1 is 1.15 bits per heavy atom. The Kier molecular flexibility index (Phi) is 4.91. The third-order valence-corrected chi connectivity index (χ3v) is 5.91. The van der Waals surface area contributed by atoms with E-state index in [0.29, 0.717) is 5.13 Å². The normalized spacial score (nSPS) is 12.2. The fourth-order valence-corrected chi connectivity index (χ4v) is 4.27. The topological polar surface area (TPSA) is 83.6 Å². The van der Waals surface area contributed by atoms with E-state index in [0.717, 1.165) is 32.3 Å². The van der Waals surface area contributed by atoms with Crippen LogP contribution < -0.4 is 5.32 Å². The van der Waals surface area contributed by atoms with E-state index < -0.39 is 0 Å². The molecule has 1 unspecified atom stereocenters. The molecule has 0 aliphatic carbocycles. The van der Waals surface area contributed by atoms with Crippen LogP contribution in [0.25, 0.3) is 21.6 Å². The van der Waals surface area contributed by atoms with Gasteiger partial charge in [0.2, 0.25) is 11.0 Å². The molecule has 0 spiro atoms. The second-order valence-electron chi connectivity index (χ2n) is 6.04. The molecule has 0 radical (unpaired) electrons. The molecular formula is C19H17N5OS2. The molecule has 0 aliphatic heterocycles. The predicted molar refractivity (Wildman–Crippen MR) is 110 cm³/mol. The summed E-state index contributed by atoms with van der Waals surface area (Å²) in [5.74, 6) is -0.132. The second-order valence-corrected chi connectivity index (χ2v) is 8.34. The van der Waals surface area contributed by atoms with Gasteiger partial charge in [0.15, 0.2) is 5.16 Å². The lowest BCUT2D eigenvalue weighted by molar-refractivity contribution is -0.115. The second kappa shape index (κ2) is 7.50. The SMILES string of the molecule is Cc1ccccc1-c1nnc(NC(=O)C(C)Sc2nc3ccccc3[nH]2)s1. The van der Waals surface area contributed by atoms with Crippen molar-refractivity contribution >= 4 is 45.2 Å². The van der Waals surface area contributed by atoms with Crippen LogP contribution in [0.1, 0.15) is 12.5 Å². The molecule has 4 rings (SSSR count). The summed E-state index contributed by atoms with van der Waals surface area (Å²) >= 11 is 2.75. The predicted octanol–water partition coefficient (Wildman–Crippen LogP) is 4.51. The van der Waals surface area contributed by atoms with Crippen LogP contribution >= 0.6 is 23.1 Å². The van der Waals surface area contributed by atoms with Gasteiger partial charge in [-0.05, 0) is 31.5 Å². The lowest BCUT2D eigenvalue weighted by Crippen LogP contribution is -2.22. The lowest BCUT2D eigenvalue weighted by Gasteiger charge is -2.07. The molecule has 2 heterocycles. The monoisotopic (exact) mass is 395 g/mol. The highest BCUT2D eigenvalue weighted by molar-refractivity contribution is 8.00. The summed E-state index contributed by atoms with van der Waals surface area (Å²) in [6.45, 7) is 3.87. The van der Waals surface area contributed by atoms with Crippen LogP contribution in [0.4, 0.5) is 5.13 Å². The molecule has 0 saturated carbocycles. The quantitative estimate of drug-likeness (QED) is 0.486. The maximum Gasteiger partial charge on any atom is 0.239 e. The minimum atomic E-state index is -0.323. The van der Waals surface area contributed by atoms with E-state index in [1.165, 1.54) is 23.1 Å². The zero-order valence-corrected chi connectivity index (χ0v) is 16.4. The average molecular weight is 396 g/mol. The third kappa shape index (κ3) is 3.86. The Bertz CT molecular complexity index is 1070. The average Bonchev–Trinajstić information content (AvgIpc) is 3.28. The fraction of sp³-hybridized carbons (Fsp3) is 0.158. The number of aromatic nitrogens is 4. The number of aromatic amines is 1. The van der Waals surface area contributed by atoms with Crippen LogP contribution in [0.2, 0.25) is 0 Å². The van der Waals surface area contributed by atoms with Gasteiger partial charge in [0, 0.05) is 5.56 Å². The highest BCUT2D eigenvalue weighted by atomic mass is 32.2. The van der Waals surface area contributed by atoms with Gasteiger partial charge in [-0.15, -0.1) is 10.2 Å². The van der Waals surface area contributed by atoms with E-state index in [1.54, 1.807) is 0 Å². The number of carbonyl (C=O) groups is 1. The largest absolute Gasteiger partial charge is 0.333 e. The molecule has 2 aromatic heterocycles. The lowest BCUT2D eigenvalue weighted by atomic mass is 10.1. The molecule has 8 heteroatoms. The van der Waals surface area contributed by atoms with Crippen molar-refractivity contribution in [2.24, 2.45) is 0 Å². The summed E-state index contributed by atoms with van der Waals surface area (Å²) in [7, 11) is 0. The van der Waals surface area contributed by atoms with E-state index in [2.05, 4.69) is 25.5 Å². The number of imidazole rings is 1. The number of fused-ring (bicyclic) bond motifs is 1. The van der Waals surface area contributed by atoms with Gasteiger partial charge < -0.3 is 4.98 Å². The van der Waals surface area contributed by atoms with Gasteiger partial charge in [0.25, 0.3) is 0 Å². The van der Waals surface area contributed by atoms with Crippen molar-refractivity contribution in [2.75, 3.05) is 5.32 Å². The Labute approximate surface area is 164 Å².